The molecule has 0 unspecified atom stereocenters. The van der Waals surface area contributed by atoms with Crippen LogP contribution in [0.1, 0.15) is 36.5 Å². The molecule has 1 amide bonds. The Kier molecular flexibility index (Phi) is 5.20. The van der Waals surface area contributed by atoms with E-state index in [-0.39, 0.29) is 22.9 Å². The highest BCUT2D eigenvalue weighted by molar-refractivity contribution is 7.89. The molecular weight excluding hydrogens is 302 g/mol. The first-order valence-electron chi connectivity index (χ1n) is 7.47. The van der Waals surface area contributed by atoms with Crippen LogP contribution in [0.2, 0.25) is 0 Å². The minimum Gasteiger partial charge on any atom is -0.355 e. The Morgan fingerprint density at radius 1 is 1.32 bits per heavy atom. The van der Waals surface area contributed by atoms with Crippen molar-refractivity contribution in [3.63, 3.8) is 0 Å². The number of carbonyl (C=O) groups is 1. The Labute approximate surface area is 131 Å². The van der Waals surface area contributed by atoms with Gasteiger partial charge < -0.3 is 11.1 Å². The Hall–Kier alpha value is -1.44. The zero-order chi connectivity index (χ0) is 16.3. The molecule has 0 bridgehead atoms. The highest BCUT2D eigenvalue weighted by Gasteiger charge is 2.35. The van der Waals surface area contributed by atoms with Crippen LogP contribution in [0.3, 0.4) is 0 Å². The first kappa shape index (κ1) is 16.9. The standard InChI is InChI=1S/C15H23N3O3S/c1-11(16)14-5-3-4-10-18(14)22(20,21)13-8-6-12(7-9-13)15(19)17-2/h6-9,11,14H,3-5,10,16H2,1-2H3,(H,17,19)/t11-,14-/m0/s1. The Morgan fingerprint density at radius 3 is 2.50 bits per heavy atom. The molecule has 6 nitrogen and oxygen atoms in total. The first-order chi connectivity index (χ1) is 10.4. The maximum absolute atomic E-state index is 12.8. The molecule has 3 N–H and O–H groups in total. The molecule has 22 heavy (non-hydrogen) atoms. The number of carbonyl (C=O) groups excluding carboxylic acids is 1. The molecule has 1 fully saturated rings. The number of hydrogen-bond donors (Lipinski definition) is 2. The minimum absolute atomic E-state index is 0.169. The fraction of sp³-hybridized carbons (Fsp3) is 0.533. The van der Waals surface area contributed by atoms with Gasteiger partial charge in [0.1, 0.15) is 0 Å². The molecule has 1 heterocycles. The zero-order valence-corrected chi connectivity index (χ0v) is 13.8. The third kappa shape index (κ3) is 3.31. The molecule has 0 radical (unpaired) electrons. The molecule has 7 heteroatoms. The Bertz CT molecular complexity index is 626. The van der Waals surface area contributed by atoms with Crippen molar-refractivity contribution in [2.45, 2.75) is 43.2 Å². The van der Waals surface area contributed by atoms with Crippen LogP contribution in [0.15, 0.2) is 29.2 Å². The number of nitrogens with one attached hydrogen (secondary N) is 1. The molecule has 2 rings (SSSR count). The average molecular weight is 325 g/mol. The lowest BCUT2D eigenvalue weighted by Gasteiger charge is -2.36. The normalized spacial score (nSPS) is 21.3. The molecule has 1 aromatic rings. The van der Waals surface area contributed by atoms with E-state index in [4.69, 9.17) is 5.73 Å². The molecule has 0 aromatic heterocycles. The van der Waals surface area contributed by atoms with Crippen LogP contribution >= 0.6 is 0 Å². The van der Waals surface area contributed by atoms with E-state index in [1.54, 1.807) is 0 Å². The number of benzene rings is 1. The predicted molar refractivity (Wildman–Crippen MR) is 85.0 cm³/mol. The Balaban J connectivity index is 2.30. The predicted octanol–water partition coefficient (Wildman–Crippen LogP) is 0.937. The number of amides is 1. The second-order valence-corrected chi connectivity index (χ2v) is 7.53. The van der Waals surface area contributed by atoms with E-state index in [2.05, 4.69) is 5.32 Å². The minimum atomic E-state index is -3.58. The summed E-state index contributed by atoms with van der Waals surface area (Å²) in [6, 6.07) is 5.63. The van der Waals surface area contributed by atoms with Gasteiger partial charge in [-0.25, -0.2) is 8.42 Å². The number of sulfonamides is 1. The van der Waals surface area contributed by atoms with Crippen LogP contribution in [0.5, 0.6) is 0 Å². The summed E-state index contributed by atoms with van der Waals surface area (Å²) in [6.07, 6.45) is 2.62. The fourth-order valence-corrected chi connectivity index (χ4v) is 4.59. The van der Waals surface area contributed by atoms with Crippen LogP contribution in [-0.2, 0) is 10.0 Å². The number of hydrogen-bond acceptors (Lipinski definition) is 4. The molecule has 0 saturated carbocycles. The van der Waals surface area contributed by atoms with Crippen molar-refractivity contribution in [3.8, 4) is 0 Å². The highest BCUT2D eigenvalue weighted by atomic mass is 32.2. The van der Waals surface area contributed by atoms with E-state index in [9.17, 15) is 13.2 Å². The van der Waals surface area contributed by atoms with E-state index in [0.29, 0.717) is 12.1 Å². The van der Waals surface area contributed by atoms with Crippen molar-refractivity contribution in [2.24, 2.45) is 5.73 Å². The molecule has 0 aliphatic carbocycles. The largest absolute Gasteiger partial charge is 0.355 e. The van der Waals surface area contributed by atoms with Crippen LogP contribution in [0, 0.1) is 0 Å². The van der Waals surface area contributed by atoms with E-state index in [1.807, 2.05) is 6.92 Å². The van der Waals surface area contributed by atoms with Crippen molar-refractivity contribution in [1.29, 1.82) is 0 Å². The van der Waals surface area contributed by atoms with Crippen molar-refractivity contribution in [3.05, 3.63) is 29.8 Å². The summed E-state index contributed by atoms with van der Waals surface area (Å²) in [4.78, 5) is 11.7. The van der Waals surface area contributed by atoms with Gasteiger partial charge in [0, 0.05) is 31.2 Å². The summed E-state index contributed by atoms with van der Waals surface area (Å²) in [7, 11) is -2.05. The zero-order valence-electron chi connectivity index (χ0n) is 13.0. The number of nitrogens with zero attached hydrogens (tertiary/aromatic N) is 1. The van der Waals surface area contributed by atoms with Gasteiger partial charge in [0.2, 0.25) is 10.0 Å². The monoisotopic (exact) mass is 325 g/mol. The van der Waals surface area contributed by atoms with Gasteiger partial charge in [-0.3, -0.25) is 4.79 Å². The van der Waals surface area contributed by atoms with E-state index < -0.39 is 10.0 Å². The van der Waals surface area contributed by atoms with Crippen molar-refractivity contribution < 1.29 is 13.2 Å². The summed E-state index contributed by atoms with van der Waals surface area (Å²) >= 11 is 0. The maximum Gasteiger partial charge on any atom is 0.251 e. The van der Waals surface area contributed by atoms with Gasteiger partial charge in [0.05, 0.1) is 4.90 Å². The summed E-state index contributed by atoms with van der Waals surface area (Å²) in [6.45, 7) is 2.33. The molecule has 0 spiro atoms. The van der Waals surface area contributed by atoms with Crippen molar-refractivity contribution in [1.82, 2.24) is 9.62 Å². The van der Waals surface area contributed by atoms with Crippen LogP contribution in [0.4, 0.5) is 0 Å². The van der Waals surface area contributed by atoms with Crippen molar-refractivity contribution in [2.75, 3.05) is 13.6 Å². The van der Waals surface area contributed by atoms with Gasteiger partial charge in [-0.2, -0.15) is 4.31 Å². The third-order valence-electron chi connectivity index (χ3n) is 4.06. The molecule has 1 aromatic carbocycles. The fourth-order valence-electron chi connectivity index (χ4n) is 2.81. The lowest BCUT2D eigenvalue weighted by molar-refractivity contribution is 0.0963. The van der Waals surface area contributed by atoms with Gasteiger partial charge in [-0.1, -0.05) is 6.42 Å². The van der Waals surface area contributed by atoms with E-state index >= 15 is 0 Å². The number of rotatable bonds is 4. The SMILES string of the molecule is CNC(=O)c1ccc(S(=O)(=O)N2CCCC[C@H]2[C@H](C)N)cc1. The van der Waals surface area contributed by atoms with Gasteiger partial charge in [0.15, 0.2) is 0 Å². The molecule has 1 saturated heterocycles. The molecule has 2 atom stereocenters. The lowest BCUT2D eigenvalue weighted by Crippen LogP contribution is -2.51. The summed E-state index contributed by atoms with van der Waals surface area (Å²) in [5.74, 6) is -0.240. The smallest absolute Gasteiger partial charge is 0.251 e. The lowest BCUT2D eigenvalue weighted by atomic mass is 10.00. The highest BCUT2D eigenvalue weighted by Crippen LogP contribution is 2.26. The van der Waals surface area contributed by atoms with Gasteiger partial charge in [-0.15, -0.1) is 0 Å². The average Bonchev–Trinajstić information content (AvgIpc) is 2.54. The van der Waals surface area contributed by atoms with Gasteiger partial charge in [-0.05, 0) is 44.0 Å². The third-order valence-corrected chi connectivity index (χ3v) is 5.99. The quantitative estimate of drug-likeness (QED) is 0.861. The first-order valence-corrected chi connectivity index (χ1v) is 8.91. The second-order valence-electron chi connectivity index (χ2n) is 5.64. The number of piperidine rings is 1. The molecular formula is C15H23N3O3S. The molecule has 1 aliphatic heterocycles. The maximum atomic E-state index is 12.8. The summed E-state index contributed by atoms with van der Waals surface area (Å²) < 4.78 is 27.2. The molecule has 1 aliphatic rings. The number of nitrogens with two attached hydrogens (primary N) is 1. The van der Waals surface area contributed by atoms with E-state index in [1.165, 1.54) is 35.6 Å². The van der Waals surface area contributed by atoms with Crippen LogP contribution in [-0.4, -0.2) is 44.3 Å². The topological polar surface area (TPSA) is 92.5 Å². The van der Waals surface area contributed by atoms with Crippen molar-refractivity contribution >= 4 is 15.9 Å². The van der Waals surface area contributed by atoms with Gasteiger partial charge in [0.25, 0.3) is 5.91 Å². The van der Waals surface area contributed by atoms with Crippen LogP contribution in [0.25, 0.3) is 0 Å². The Morgan fingerprint density at radius 2 is 1.95 bits per heavy atom. The summed E-state index contributed by atoms with van der Waals surface area (Å²) in [5, 5.41) is 2.51. The van der Waals surface area contributed by atoms with E-state index in [0.717, 1.165) is 19.3 Å². The second kappa shape index (κ2) is 6.76. The summed E-state index contributed by atoms with van der Waals surface area (Å²) in [5.41, 5.74) is 6.39. The van der Waals surface area contributed by atoms with Crippen LogP contribution < -0.4 is 11.1 Å². The van der Waals surface area contributed by atoms with Gasteiger partial charge >= 0.3 is 0 Å². The molecule has 122 valence electrons.